The van der Waals surface area contributed by atoms with Gasteiger partial charge in [0.05, 0.1) is 11.5 Å². The van der Waals surface area contributed by atoms with Crippen LogP contribution >= 0.6 is 24.0 Å². The predicted molar refractivity (Wildman–Crippen MR) is 108 cm³/mol. The average Bonchev–Trinajstić information content (AvgIpc) is 2.86. The van der Waals surface area contributed by atoms with Crippen LogP contribution in [0.1, 0.15) is 44.6 Å². The molecule has 0 aromatic heterocycles. The summed E-state index contributed by atoms with van der Waals surface area (Å²) in [6.45, 7) is 3.16. The molecule has 5 nitrogen and oxygen atoms in total. The molecule has 26 heavy (non-hydrogen) atoms. The summed E-state index contributed by atoms with van der Waals surface area (Å²) in [4.78, 5) is 25.1. The van der Waals surface area contributed by atoms with Crippen molar-refractivity contribution in [3.8, 4) is 5.75 Å². The number of nitrogens with zero attached hydrogens (tertiary/aromatic N) is 1. The third-order valence-corrected chi connectivity index (χ3v) is 5.20. The Morgan fingerprint density at radius 1 is 1.35 bits per heavy atom. The van der Waals surface area contributed by atoms with Gasteiger partial charge in [-0.05, 0) is 36.6 Å². The molecule has 140 valence electrons. The fraction of sp³-hybridized carbons (Fsp3) is 0.421. The third-order valence-electron chi connectivity index (χ3n) is 3.82. The van der Waals surface area contributed by atoms with Crippen LogP contribution in [0.2, 0.25) is 0 Å². The minimum atomic E-state index is -0.873. The van der Waals surface area contributed by atoms with Gasteiger partial charge in [0.1, 0.15) is 10.1 Å². The lowest BCUT2D eigenvalue weighted by atomic mass is 10.2. The van der Waals surface area contributed by atoms with Crippen molar-refractivity contribution in [2.45, 2.75) is 39.0 Å². The van der Waals surface area contributed by atoms with Crippen LogP contribution in [0.3, 0.4) is 0 Å². The number of benzene rings is 1. The van der Waals surface area contributed by atoms with E-state index < -0.39 is 5.97 Å². The Hall–Kier alpha value is -1.86. The molecule has 1 heterocycles. The Labute approximate surface area is 163 Å². The second-order valence-corrected chi connectivity index (χ2v) is 7.63. The molecular formula is C19H23NO4S2. The maximum Gasteiger partial charge on any atom is 0.303 e. The van der Waals surface area contributed by atoms with E-state index >= 15 is 0 Å². The van der Waals surface area contributed by atoms with E-state index in [2.05, 4.69) is 6.92 Å². The number of hydrogen-bond acceptors (Lipinski definition) is 5. The first-order valence-electron chi connectivity index (χ1n) is 8.71. The molecule has 1 aliphatic rings. The number of rotatable bonds is 10. The number of carboxylic acids is 1. The number of unbranched alkanes of at least 4 members (excludes halogenated alkanes) is 2. The van der Waals surface area contributed by atoms with Crippen molar-refractivity contribution < 1.29 is 19.4 Å². The van der Waals surface area contributed by atoms with Gasteiger partial charge in [-0.1, -0.05) is 55.9 Å². The Morgan fingerprint density at radius 3 is 2.88 bits per heavy atom. The summed E-state index contributed by atoms with van der Waals surface area (Å²) in [6, 6.07) is 7.62. The van der Waals surface area contributed by atoms with Crippen LogP contribution in [-0.4, -0.2) is 39.4 Å². The second kappa shape index (κ2) is 10.3. The average molecular weight is 394 g/mol. The van der Waals surface area contributed by atoms with E-state index in [1.165, 1.54) is 16.7 Å². The number of carbonyl (C=O) groups is 2. The van der Waals surface area contributed by atoms with E-state index in [-0.39, 0.29) is 12.3 Å². The van der Waals surface area contributed by atoms with Gasteiger partial charge in [-0.2, -0.15) is 0 Å². The Bertz CT molecular complexity index is 703. The summed E-state index contributed by atoms with van der Waals surface area (Å²) in [5.41, 5.74) is 0.879. The van der Waals surface area contributed by atoms with E-state index in [0.29, 0.717) is 28.8 Å². The van der Waals surface area contributed by atoms with Gasteiger partial charge in [0, 0.05) is 13.0 Å². The SMILES string of the molecule is CCCCCOc1cccc(C=C2SC(=S)N(CCCC(=O)O)C2=O)c1. The molecule has 0 atom stereocenters. The summed E-state index contributed by atoms with van der Waals surface area (Å²) >= 11 is 6.50. The molecule has 1 N–H and O–H groups in total. The molecule has 0 radical (unpaired) electrons. The number of carbonyl (C=O) groups excluding carboxylic acids is 1. The van der Waals surface area contributed by atoms with Crippen molar-refractivity contribution in [2.24, 2.45) is 0 Å². The van der Waals surface area contributed by atoms with Gasteiger partial charge in [-0.3, -0.25) is 14.5 Å². The molecule has 1 aromatic carbocycles. The summed E-state index contributed by atoms with van der Waals surface area (Å²) in [5.74, 6) is -0.256. The topological polar surface area (TPSA) is 66.8 Å². The molecule has 1 aliphatic heterocycles. The van der Waals surface area contributed by atoms with Gasteiger partial charge < -0.3 is 9.84 Å². The number of amides is 1. The molecule has 1 amide bonds. The van der Waals surface area contributed by atoms with Crippen molar-refractivity contribution in [1.82, 2.24) is 4.90 Å². The molecule has 0 saturated carbocycles. The van der Waals surface area contributed by atoms with Crippen LogP contribution in [0.4, 0.5) is 0 Å². The van der Waals surface area contributed by atoms with Gasteiger partial charge in [0.25, 0.3) is 5.91 Å². The van der Waals surface area contributed by atoms with Gasteiger partial charge >= 0.3 is 5.97 Å². The lowest BCUT2D eigenvalue weighted by Crippen LogP contribution is -2.29. The maximum atomic E-state index is 12.5. The minimum Gasteiger partial charge on any atom is -0.494 e. The van der Waals surface area contributed by atoms with Crippen molar-refractivity contribution >= 4 is 46.3 Å². The smallest absolute Gasteiger partial charge is 0.303 e. The van der Waals surface area contributed by atoms with Crippen molar-refractivity contribution in [1.29, 1.82) is 0 Å². The molecule has 0 unspecified atom stereocenters. The van der Waals surface area contributed by atoms with E-state index in [1.54, 1.807) is 6.08 Å². The Kier molecular flexibility index (Phi) is 8.12. The number of carboxylic acid groups (broad SMARTS) is 1. The van der Waals surface area contributed by atoms with Crippen molar-refractivity contribution in [3.05, 3.63) is 34.7 Å². The summed E-state index contributed by atoms with van der Waals surface area (Å²) in [7, 11) is 0. The van der Waals surface area contributed by atoms with Crippen LogP contribution in [0.5, 0.6) is 5.75 Å². The largest absolute Gasteiger partial charge is 0.494 e. The van der Waals surface area contributed by atoms with E-state index in [9.17, 15) is 9.59 Å². The molecule has 0 bridgehead atoms. The zero-order valence-corrected chi connectivity index (χ0v) is 16.4. The standard InChI is InChI=1S/C19H23NO4S2/c1-2-3-4-11-24-15-8-5-7-14(12-15)13-16-18(23)20(19(25)26-16)10-6-9-17(21)22/h5,7-8,12-13H,2-4,6,9-11H2,1H3,(H,21,22). The zero-order chi connectivity index (χ0) is 18.9. The Balaban J connectivity index is 1.99. The maximum absolute atomic E-state index is 12.5. The number of hydrogen-bond donors (Lipinski definition) is 1. The molecule has 1 aromatic rings. The van der Waals surface area contributed by atoms with Gasteiger partial charge in [0.2, 0.25) is 0 Å². The summed E-state index contributed by atoms with van der Waals surface area (Å²) in [6.07, 6.45) is 5.52. The van der Waals surface area contributed by atoms with Crippen LogP contribution in [0.25, 0.3) is 6.08 Å². The van der Waals surface area contributed by atoms with Crippen LogP contribution in [0.15, 0.2) is 29.2 Å². The molecule has 1 fully saturated rings. The molecule has 2 rings (SSSR count). The molecular weight excluding hydrogens is 370 g/mol. The monoisotopic (exact) mass is 393 g/mol. The van der Waals surface area contributed by atoms with Crippen molar-refractivity contribution in [2.75, 3.05) is 13.2 Å². The predicted octanol–water partition coefficient (Wildman–Crippen LogP) is 4.32. The van der Waals surface area contributed by atoms with Crippen LogP contribution in [0, 0.1) is 0 Å². The first-order valence-corrected chi connectivity index (χ1v) is 9.93. The first kappa shape index (κ1) is 20.5. The highest BCUT2D eigenvalue weighted by molar-refractivity contribution is 8.26. The summed E-state index contributed by atoms with van der Waals surface area (Å²) < 4.78 is 6.22. The van der Waals surface area contributed by atoms with Gasteiger partial charge in [-0.15, -0.1) is 0 Å². The quantitative estimate of drug-likeness (QED) is 0.363. The molecule has 0 aliphatic carbocycles. The first-order chi connectivity index (χ1) is 12.5. The number of ether oxygens (including phenoxy) is 1. The third kappa shape index (κ3) is 6.14. The molecule has 0 spiro atoms. The number of aliphatic carboxylic acids is 1. The fourth-order valence-electron chi connectivity index (χ4n) is 2.47. The fourth-order valence-corrected chi connectivity index (χ4v) is 3.78. The zero-order valence-electron chi connectivity index (χ0n) is 14.8. The van der Waals surface area contributed by atoms with E-state index in [0.717, 1.165) is 30.6 Å². The normalized spacial score (nSPS) is 15.7. The van der Waals surface area contributed by atoms with Crippen molar-refractivity contribution in [3.63, 3.8) is 0 Å². The lowest BCUT2D eigenvalue weighted by molar-refractivity contribution is -0.137. The highest BCUT2D eigenvalue weighted by atomic mass is 32.2. The highest BCUT2D eigenvalue weighted by Gasteiger charge is 2.31. The second-order valence-electron chi connectivity index (χ2n) is 5.96. The Morgan fingerprint density at radius 2 is 2.15 bits per heavy atom. The number of thioether (sulfide) groups is 1. The van der Waals surface area contributed by atoms with Gasteiger partial charge in [-0.25, -0.2) is 0 Å². The lowest BCUT2D eigenvalue weighted by Gasteiger charge is -2.13. The summed E-state index contributed by atoms with van der Waals surface area (Å²) in [5, 5.41) is 8.72. The van der Waals surface area contributed by atoms with E-state index in [1.807, 2.05) is 24.3 Å². The van der Waals surface area contributed by atoms with E-state index in [4.69, 9.17) is 22.1 Å². The number of thiocarbonyl (C=S) groups is 1. The molecule has 7 heteroatoms. The molecule has 1 saturated heterocycles. The van der Waals surface area contributed by atoms with Gasteiger partial charge in [0.15, 0.2) is 0 Å². The highest BCUT2D eigenvalue weighted by Crippen LogP contribution is 2.33. The van der Waals surface area contributed by atoms with Crippen LogP contribution < -0.4 is 4.74 Å². The minimum absolute atomic E-state index is 0.0214. The van der Waals surface area contributed by atoms with Crippen LogP contribution in [-0.2, 0) is 9.59 Å².